The summed E-state index contributed by atoms with van der Waals surface area (Å²) in [5, 5.41) is 0. The van der Waals surface area contributed by atoms with Gasteiger partial charge in [0.25, 0.3) is 0 Å². The average molecular weight is 495 g/mol. The highest BCUT2D eigenvalue weighted by molar-refractivity contribution is 5.91. The van der Waals surface area contributed by atoms with Crippen molar-refractivity contribution in [3.05, 3.63) is 0 Å². The Labute approximate surface area is 200 Å². The number of carbonyl (C=O) groups excluding carboxylic acids is 2. The molecule has 0 saturated carbocycles. The van der Waals surface area contributed by atoms with Gasteiger partial charge in [-0.1, -0.05) is 0 Å². The van der Waals surface area contributed by atoms with Crippen LogP contribution < -0.4 is 0 Å². The van der Waals surface area contributed by atoms with Crippen molar-refractivity contribution < 1.29 is 57.0 Å². The summed E-state index contributed by atoms with van der Waals surface area (Å²) >= 11 is 0. The van der Waals surface area contributed by atoms with Gasteiger partial charge in [0.05, 0.1) is 0 Å². The molecule has 12 nitrogen and oxygen atoms in total. The van der Waals surface area contributed by atoms with Crippen LogP contribution in [-0.2, 0) is 57.0 Å². The Balaban J connectivity index is 2.12. The Hall–Kier alpha value is -1.06. The van der Waals surface area contributed by atoms with Crippen molar-refractivity contribution in [1.29, 1.82) is 0 Å². The largest absolute Gasteiger partial charge is 0.376 e. The molecule has 2 saturated heterocycles. The van der Waals surface area contributed by atoms with E-state index >= 15 is 0 Å². The summed E-state index contributed by atoms with van der Waals surface area (Å²) in [6.45, 7) is 0. The van der Waals surface area contributed by atoms with Crippen LogP contribution in [0.1, 0.15) is 12.8 Å². The first-order chi connectivity index (χ1) is 16.4. The lowest BCUT2D eigenvalue weighted by atomic mass is 9.91. The molecule has 198 valence electrons. The summed E-state index contributed by atoms with van der Waals surface area (Å²) in [7, 11) is 11.7. The molecular formula is C22H38O12. The number of ether oxygens (including phenoxy) is 10. The summed E-state index contributed by atoms with van der Waals surface area (Å²) < 4.78 is 55.3. The fraction of sp³-hybridized carbons (Fsp3) is 0.909. The number of rotatable bonds is 13. The second-order valence-electron chi connectivity index (χ2n) is 7.96. The fourth-order valence-corrected chi connectivity index (χ4v) is 4.60. The van der Waals surface area contributed by atoms with E-state index in [9.17, 15) is 9.59 Å². The molecule has 2 rings (SSSR count). The van der Waals surface area contributed by atoms with Gasteiger partial charge in [0.2, 0.25) is 0 Å². The Morgan fingerprint density at radius 3 is 1.00 bits per heavy atom. The van der Waals surface area contributed by atoms with Crippen LogP contribution in [0.5, 0.6) is 0 Å². The smallest absolute Gasteiger partial charge is 0.187 e. The maximum Gasteiger partial charge on any atom is 0.187 e. The maximum absolute atomic E-state index is 13.1. The molecule has 0 aromatic rings. The second-order valence-corrected chi connectivity index (χ2v) is 7.96. The van der Waals surface area contributed by atoms with E-state index in [0.717, 1.165) is 0 Å². The molecule has 2 aliphatic rings. The van der Waals surface area contributed by atoms with Gasteiger partial charge in [0.1, 0.15) is 48.8 Å². The summed E-state index contributed by atoms with van der Waals surface area (Å²) in [4.78, 5) is 26.2. The Bertz CT molecular complexity index is 591. The SMILES string of the molecule is CO[C@H]1O[C@H](C(=O)CCC(=O)[C@H]2O[C@H](OC)[C@H](OC)[C@@H](OC)[C@@H]2OC)[C@@H](OC)[C@H](OC)[C@H]1OC. The zero-order valence-electron chi connectivity index (χ0n) is 21.1. The van der Waals surface area contributed by atoms with Crippen molar-refractivity contribution in [2.75, 3.05) is 56.9 Å². The number of carbonyl (C=O) groups is 2. The zero-order chi connectivity index (χ0) is 25.4. The molecule has 0 aromatic heterocycles. The molecule has 10 atom stereocenters. The van der Waals surface area contributed by atoms with Crippen LogP contribution in [0.4, 0.5) is 0 Å². The third-order valence-corrected chi connectivity index (χ3v) is 6.34. The fourth-order valence-electron chi connectivity index (χ4n) is 4.60. The van der Waals surface area contributed by atoms with E-state index in [1.54, 1.807) is 0 Å². The molecule has 0 aliphatic carbocycles. The van der Waals surface area contributed by atoms with Gasteiger partial charge in [-0.25, -0.2) is 0 Å². The van der Waals surface area contributed by atoms with Gasteiger partial charge in [-0.2, -0.15) is 0 Å². The molecule has 0 bridgehead atoms. The summed E-state index contributed by atoms with van der Waals surface area (Å²) in [6.07, 6.45) is -7.89. The molecule has 34 heavy (non-hydrogen) atoms. The van der Waals surface area contributed by atoms with Gasteiger partial charge in [-0.05, 0) is 0 Å². The normalized spacial score (nSPS) is 38.6. The summed E-state index contributed by atoms with van der Waals surface area (Å²) in [5.41, 5.74) is 0. The Kier molecular flexibility index (Phi) is 11.9. The molecule has 0 aromatic carbocycles. The van der Waals surface area contributed by atoms with Gasteiger partial charge in [-0.15, -0.1) is 0 Å². The summed E-state index contributed by atoms with van der Waals surface area (Å²) in [5.74, 6) is -0.685. The van der Waals surface area contributed by atoms with Gasteiger partial charge in [0, 0.05) is 69.7 Å². The van der Waals surface area contributed by atoms with Crippen LogP contribution in [-0.4, -0.2) is 130 Å². The minimum absolute atomic E-state index is 0.118. The molecule has 0 spiro atoms. The van der Waals surface area contributed by atoms with E-state index in [-0.39, 0.29) is 24.4 Å². The number of methoxy groups -OCH3 is 8. The van der Waals surface area contributed by atoms with Crippen molar-refractivity contribution in [2.45, 2.75) is 74.3 Å². The molecular weight excluding hydrogens is 456 g/mol. The van der Waals surface area contributed by atoms with E-state index in [1.807, 2.05) is 0 Å². The van der Waals surface area contributed by atoms with E-state index in [2.05, 4.69) is 0 Å². The predicted octanol–water partition coefficient (Wildman–Crippen LogP) is -0.263. The van der Waals surface area contributed by atoms with Crippen molar-refractivity contribution in [3.8, 4) is 0 Å². The van der Waals surface area contributed by atoms with Crippen molar-refractivity contribution in [2.24, 2.45) is 0 Å². The molecule has 0 amide bonds. The Morgan fingerprint density at radius 1 is 0.471 bits per heavy atom. The lowest BCUT2D eigenvalue weighted by Gasteiger charge is -2.44. The van der Waals surface area contributed by atoms with Gasteiger partial charge in [-0.3, -0.25) is 9.59 Å². The van der Waals surface area contributed by atoms with Crippen molar-refractivity contribution in [3.63, 3.8) is 0 Å². The van der Waals surface area contributed by atoms with E-state index in [1.165, 1.54) is 56.9 Å². The lowest BCUT2D eigenvalue weighted by molar-refractivity contribution is -0.296. The number of hydrogen-bond donors (Lipinski definition) is 0. The zero-order valence-corrected chi connectivity index (χ0v) is 21.1. The first-order valence-electron chi connectivity index (χ1n) is 11.0. The van der Waals surface area contributed by atoms with Crippen LogP contribution in [0.25, 0.3) is 0 Å². The number of ketones is 2. The molecule has 0 N–H and O–H groups in total. The van der Waals surface area contributed by atoms with Gasteiger partial charge < -0.3 is 47.4 Å². The van der Waals surface area contributed by atoms with Crippen molar-refractivity contribution >= 4 is 11.6 Å². The standard InChI is InChI=1S/C22H38O12/c1-25-15-13(33-21(31-7)19(29-5)17(15)27-3)11(23)9-10-12(24)14-16(26-2)18(28-4)20(30-6)22(32-8)34-14/h13-22H,9-10H2,1-8H3/t13-,14-,15-,16-,17+,18+,19-,20-,21+,22+/m1/s1. The Morgan fingerprint density at radius 2 is 0.765 bits per heavy atom. The first kappa shape index (κ1) is 29.2. The quantitative estimate of drug-likeness (QED) is 0.335. The van der Waals surface area contributed by atoms with Gasteiger partial charge >= 0.3 is 0 Å². The van der Waals surface area contributed by atoms with E-state index < -0.39 is 61.4 Å². The van der Waals surface area contributed by atoms with Crippen molar-refractivity contribution in [1.82, 2.24) is 0 Å². The molecule has 0 unspecified atom stereocenters. The highest BCUT2D eigenvalue weighted by Gasteiger charge is 2.51. The van der Waals surface area contributed by atoms with Crippen LogP contribution in [0.15, 0.2) is 0 Å². The van der Waals surface area contributed by atoms with Crippen LogP contribution in [0, 0.1) is 0 Å². The second kappa shape index (κ2) is 13.9. The minimum Gasteiger partial charge on any atom is -0.376 e. The van der Waals surface area contributed by atoms with E-state index in [4.69, 9.17) is 47.4 Å². The monoisotopic (exact) mass is 494 g/mol. The lowest BCUT2D eigenvalue weighted by Crippen LogP contribution is -2.62. The molecule has 12 heteroatoms. The highest BCUT2D eigenvalue weighted by Crippen LogP contribution is 2.31. The van der Waals surface area contributed by atoms with Crippen LogP contribution in [0.2, 0.25) is 0 Å². The molecule has 0 radical (unpaired) electrons. The topological polar surface area (TPSA) is 126 Å². The third-order valence-electron chi connectivity index (χ3n) is 6.34. The minimum atomic E-state index is -1.01. The average Bonchev–Trinajstić information content (AvgIpc) is 2.88. The van der Waals surface area contributed by atoms with Crippen LogP contribution in [0.3, 0.4) is 0 Å². The summed E-state index contributed by atoms with van der Waals surface area (Å²) in [6, 6.07) is 0. The number of Topliss-reactive ketones (excluding diaryl/α,β-unsaturated/α-hetero) is 2. The van der Waals surface area contributed by atoms with Gasteiger partial charge in [0.15, 0.2) is 24.1 Å². The highest BCUT2D eigenvalue weighted by atomic mass is 16.7. The van der Waals surface area contributed by atoms with Crippen LogP contribution >= 0.6 is 0 Å². The molecule has 2 heterocycles. The molecule has 2 aliphatic heterocycles. The predicted molar refractivity (Wildman–Crippen MR) is 115 cm³/mol. The third kappa shape index (κ3) is 6.01. The first-order valence-corrected chi connectivity index (χ1v) is 11.0. The maximum atomic E-state index is 13.1. The number of hydrogen-bond acceptors (Lipinski definition) is 12. The molecule has 2 fully saturated rings. The van der Waals surface area contributed by atoms with E-state index in [0.29, 0.717) is 0 Å².